The van der Waals surface area contributed by atoms with E-state index in [0.717, 1.165) is 12.0 Å². The Hall–Kier alpha value is -1.18. The Bertz CT molecular complexity index is 211. The Kier molecular flexibility index (Phi) is 4.93. The van der Waals surface area contributed by atoms with Gasteiger partial charge in [-0.2, -0.15) is 0 Å². The van der Waals surface area contributed by atoms with Gasteiger partial charge in [0.15, 0.2) is 0 Å². The van der Waals surface area contributed by atoms with Crippen molar-refractivity contribution in [1.29, 1.82) is 0 Å². The van der Waals surface area contributed by atoms with Crippen LogP contribution in [-0.2, 0) is 6.42 Å². The van der Waals surface area contributed by atoms with E-state index in [0.29, 0.717) is 0 Å². The average Bonchev–Trinajstić information content (AvgIpc) is 2.06. The number of rotatable bonds is 1. The van der Waals surface area contributed by atoms with Crippen molar-refractivity contribution in [3.8, 4) is 11.5 Å². The molecule has 1 rings (SSSR count). The quantitative estimate of drug-likeness (QED) is 0.676. The van der Waals surface area contributed by atoms with Gasteiger partial charge in [0.05, 0.1) is 0 Å². The van der Waals surface area contributed by atoms with Gasteiger partial charge in [0.25, 0.3) is 0 Å². The Morgan fingerprint density at radius 1 is 1.00 bits per heavy atom. The lowest BCUT2D eigenvalue weighted by Gasteiger charge is -1.98. The fourth-order valence-electron chi connectivity index (χ4n) is 0.861. The minimum atomic E-state index is 0.122. The molecule has 0 fully saturated rings. The van der Waals surface area contributed by atoms with Crippen LogP contribution in [0.5, 0.6) is 11.5 Å². The number of benzene rings is 1. The first-order chi connectivity index (χ1) is 5.72. The highest BCUT2D eigenvalue weighted by Gasteiger charge is 1.95. The van der Waals surface area contributed by atoms with Crippen LogP contribution in [0.1, 0.15) is 26.3 Å². The third-order valence-corrected chi connectivity index (χ3v) is 1.37. The summed E-state index contributed by atoms with van der Waals surface area (Å²) in [4.78, 5) is 0. The van der Waals surface area contributed by atoms with Crippen molar-refractivity contribution in [2.24, 2.45) is 0 Å². The van der Waals surface area contributed by atoms with Gasteiger partial charge in [-0.05, 0) is 24.1 Å². The Morgan fingerprint density at radius 2 is 1.42 bits per heavy atom. The second-order valence-corrected chi connectivity index (χ2v) is 2.21. The summed E-state index contributed by atoms with van der Waals surface area (Å²) >= 11 is 0. The van der Waals surface area contributed by atoms with Crippen molar-refractivity contribution in [3.05, 3.63) is 23.8 Å². The molecule has 0 radical (unpaired) electrons. The third-order valence-electron chi connectivity index (χ3n) is 1.37. The summed E-state index contributed by atoms with van der Waals surface area (Å²) in [6.45, 7) is 5.97. The van der Waals surface area contributed by atoms with Gasteiger partial charge in [0.2, 0.25) is 0 Å². The van der Waals surface area contributed by atoms with Crippen molar-refractivity contribution in [1.82, 2.24) is 0 Å². The number of aryl methyl sites for hydroxylation is 1. The van der Waals surface area contributed by atoms with Gasteiger partial charge >= 0.3 is 0 Å². The van der Waals surface area contributed by atoms with E-state index in [9.17, 15) is 0 Å². The summed E-state index contributed by atoms with van der Waals surface area (Å²) in [5.74, 6) is 0.244. The van der Waals surface area contributed by atoms with Crippen molar-refractivity contribution < 1.29 is 10.2 Å². The summed E-state index contributed by atoms with van der Waals surface area (Å²) in [6, 6.07) is 4.60. The van der Waals surface area contributed by atoms with Gasteiger partial charge < -0.3 is 10.2 Å². The topological polar surface area (TPSA) is 40.5 Å². The van der Waals surface area contributed by atoms with Crippen LogP contribution in [-0.4, -0.2) is 10.2 Å². The highest BCUT2D eigenvalue weighted by atomic mass is 16.3. The maximum Gasteiger partial charge on any atom is 0.119 e. The summed E-state index contributed by atoms with van der Waals surface area (Å²) in [7, 11) is 0. The van der Waals surface area contributed by atoms with Crippen LogP contribution in [0.15, 0.2) is 18.2 Å². The van der Waals surface area contributed by atoms with Crippen molar-refractivity contribution in [3.63, 3.8) is 0 Å². The van der Waals surface area contributed by atoms with Crippen molar-refractivity contribution in [2.45, 2.75) is 27.2 Å². The number of aromatic hydroxyl groups is 2. The average molecular weight is 168 g/mol. The standard InChI is InChI=1S/C8H10O2.C2H6/c1-2-6-3-7(9)5-8(10)4-6;1-2/h3-5,9-10H,2H2,1H3;1-2H3. The maximum absolute atomic E-state index is 8.96. The van der Waals surface area contributed by atoms with Crippen LogP contribution < -0.4 is 0 Å². The van der Waals surface area contributed by atoms with Gasteiger partial charge in [-0.25, -0.2) is 0 Å². The van der Waals surface area contributed by atoms with E-state index in [1.807, 2.05) is 20.8 Å². The lowest BCUT2D eigenvalue weighted by atomic mass is 10.1. The number of phenols is 2. The molecule has 0 amide bonds. The second kappa shape index (κ2) is 5.47. The van der Waals surface area contributed by atoms with Crippen molar-refractivity contribution in [2.75, 3.05) is 0 Å². The highest BCUT2D eigenvalue weighted by Crippen LogP contribution is 2.20. The van der Waals surface area contributed by atoms with E-state index >= 15 is 0 Å². The first kappa shape index (κ1) is 10.8. The largest absolute Gasteiger partial charge is 0.508 e. The normalized spacial score (nSPS) is 8.58. The van der Waals surface area contributed by atoms with Gasteiger partial charge in [-0.1, -0.05) is 20.8 Å². The summed E-state index contributed by atoms with van der Waals surface area (Å²) in [5, 5.41) is 17.9. The van der Waals surface area contributed by atoms with E-state index in [-0.39, 0.29) is 11.5 Å². The molecule has 0 aliphatic carbocycles. The van der Waals surface area contributed by atoms with Gasteiger partial charge in [0, 0.05) is 6.07 Å². The fourth-order valence-corrected chi connectivity index (χ4v) is 0.861. The molecule has 2 nitrogen and oxygen atoms in total. The second-order valence-electron chi connectivity index (χ2n) is 2.21. The van der Waals surface area contributed by atoms with E-state index in [1.165, 1.54) is 6.07 Å². The van der Waals surface area contributed by atoms with Crippen molar-refractivity contribution >= 4 is 0 Å². The molecule has 0 aliphatic rings. The smallest absolute Gasteiger partial charge is 0.119 e. The number of hydrogen-bond acceptors (Lipinski definition) is 2. The highest BCUT2D eigenvalue weighted by molar-refractivity contribution is 5.36. The van der Waals surface area contributed by atoms with Crippen LogP contribution >= 0.6 is 0 Å². The van der Waals surface area contributed by atoms with Gasteiger partial charge in [-0.15, -0.1) is 0 Å². The molecule has 0 heterocycles. The molecule has 0 atom stereocenters. The minimum absolute atomic E-state index is 0.122. The molecular formula is C10H16O2. The molecule has 68 valence electrons. The molecule has 0 saturated heterocycles. The number of hydrogen-bond donors (Lipinski definition) is 2. The lowest BCUT2D eigenvalue weighted by molar-refractivity contribution is 0.449. The van der Waals surface area contributed by atoms with Gasteiger partial charge in [0.1, 0.15) is 11.5 Å². The lowest BCUT2D eigenvalue weighted by Crippen LogP contribution is -1.77. The van der Waals surface area contributed by atoms with E-state index in [4.69, 9.17) is 10.2 Å². The molecule has 0 saturated carbocycles. The molecular weight excluding hydrogens is 152 g/mol. The summed E-state index contributed by atoms with van der Waals surface area (Å²) in [6.07, 6.45) is 0.821. The zero-order chi connectivity index (χ0) is 9.56. The SMILES string of the molecule is CC.CCc1cc(O)cc(O)c1. The molecule has 1 aromatic carbocycles. The third kappa shape index (κ3) is 3.28. The Labute approximate surface area is 73.5 Å². The van der Waals surface area contributed by atoms with Crippen LogP contribution in [0.4, 0.5) is 0 Å². The Balaban J connectivity index is 0.000000561. The van der Waals surface area contributed by atoms with E-state index in [2.05, 4.69) is 0 Å². The molecule has 1 aromatic rings. The summed E-state index contributed by atoms with van der Waals surface area (Å²) < 4.78 is 0. The minimum Gasteiger partial charge on any atom is -0.508 e. The molecule has 0 unspecified atom stereocenters. The predicted octanol–water partition coefficient (Wildman–Crippen LogP) is 2.69. The monoisotopic (exact) mass is 168 g/mol. The predicted molar refractivity (Wildman–Crippen MR) is 50.5 cm³/mol. The molecule has 0 aromatic heterocycles. The Morgan fingerprint density at radius 3 is 1.75 bits per heavy atom. The zero-order valence-corrected chi connectivity index (χ0v) is 7.83. The maximum atomic E-state index is 8.96. The van der Waals surface area contributed by atoms with Crippen LogP contribution in [0.25, 0.3) is 0 Å². The molecule has 2 N–H and O–H groups in total. The first-order valence-corrected chi connectivity index (χ1v) is 4.24. The van der Waals surface area contributed by atoms with Gasteiger partial charge in [-0.3, -0.25) is 0 Å². The molecule has 0 spiro atoms. The molecule has 12 heavy (non-hydrogen) atoms. The molecule has 0 bridgehead atoms. The van der Waals surface area contributed by atoms with E-state index in [1.54, 1.807) is 12.1 Å². The number of phenolic OH excluding ortho intramolecular Hbond substituents is 2. The van der Waals surface area contributed by atoms with Crippen LogP contribution in [0, 0.1) is 0 Å². The first-order valence-electron chi connectivity index (χ1n) is 4.24. The molecule has 2 heteroatoms. The fraction of sp³-hybridized carbons (Fsp3) is 0.400. The van der Waals surface area contributed by atoms with E-state index < -0.39 is 0 Å². The van der Waals surface area contributed by atoms with Crippen LogP contribution in [0.3, 0.4) is 0 Å². The summed E-state index contributed by atoms with van der Waals surface area (Å²) in [5.41, 5.74) is 0.942. The molecule has 0 aliphatic heterocycles. The van der Waals surface area contributed by atoms with Crippen LogP contribution in [0.2, 0.25) is 0 Å². The zero-order valence-electron chi connectivity index (χ0n) is 7.83.